The number of carbonyl (C=O) groups is 3. The average molecular weight is 336 g/mol. The van der Waals surface area contributed by atoms with Gasteiger partial charge in [-0.1, -0.05) is 31.4 Å². The molecule has 1 aromatic carbocycles. The Morgan fingerprint density at radius 2 is 1.83 bits per heavy atom. The Labute approximate surface area is 139 Å². The number of carbonyl (C=O) groups excluding carboxylic acids is 3. The average Bonchev–Trinajstić information content (AvgIpc) is 2.55. The molecule has 1 aliphatic rings. The molecular formula is C17H21FN2O4. The maximum absolute atomic E-state index is 13.5. The van der Waals surface area contributed by atoms with Crippen LogP contribution in [0.3, 0.4) is 0 Å². The number of amides is 3. The minimum Gasteiger partial charge on any atom is -0.449 e. The number of benzene rings is 1. The Balaban J connectivity index is 1.82. The third kappa shape index (κ3) is 5.04. The second-order valence-corrected chi connectivity index (χ2v) is 5.83. The number of ether oxygens (including phenoxy) is 1. The number of imide groups is 1. The quantitative estimate of drug-likeness (QED) is 0.828. The van der Waals surface area contributed by atoms with Gasteiger partial charge in [0, 0.05) is 6.04 Å². The van der Waals surface area contributed by atoms with Gasteiger partial charge >= 0.3 is 12.0 Å². The van der Waals surface area contributed by atoms with E-state index in [4.69, 9.17) is 4.74 Å². The molecule has 1 fully saturated rings. The van der Waals surface area contributed by atoms with Crippen LogP contribution >= 0.6 is 0 Å². The van der Waals surface area contributed by atoms with Gasteiger partial charge in [0.25, 0.3) is 5.91 Å². The van der Waals surface area contributed by atoms with E-state index >= 15 is 0 Å². The Morgan fingerprint density at radius 3 is 2.50 bits per heavy atom. The molecule has 0 saturated heterocycles. The molecule has 3 amide bonds. The summed E-state index contributed by atoms with van der Waals surface area (Å²) in [5.74, 6) is -2.44. The first-order valence-corrected chi connectivity index (χ1v) is 8.04. The van der Waals surface area contributed by atoms with E-state index in [-0.39, 0.29) is 11.6 Å². The first-order valence-electron chi connectivity index (χ1n) is 8.04. The number of hydrogen-bond acceptors (Lipinski definition) is 4. The zero-order valence-electron chi connectivity index (χ0n) is 13.5. The largest absolute Gasteiger partial charge is 0.449 e. The molecule has 1 saturated carbocycles. The van der Waals surface area contributed by atoms with Crippen molar-refractivity contribution in [2.24, 2.45) is 0 Å². The van der Waals surface area contributed by atoms with Crippen LogP contribution in [0.4, 0.5) is 9.18 Å². The van der Waals surface area contributed by atoms with Gasteiger partial charge in [-0.05, 0) is 31.9 Å². The van der Waals surface area contributed by atoms with E-state index < -0.39 is 29.8 Å². The van der Waals surface area contributed by atoms with E-state index in [1.54, 1.807) is 0 Å². The predicted molar refractivity (Wildman–Crippen MR) is 84.8 cm³/mol. The molecule has 2 N–H and O–H groups in total. The molecule has 0 aromatic heterocycles. The molecule has 1 aromatic rings. The fourth-order valence-electron chi connectivity index (χ4n) is 2.59. The Kier molecular flexibility index (Phi) is 6.28. The maximum Gasteiger partial charge on any atom is 0.341 e. The second kappa shape index (κ2) is 8.42. The van der Waals surface area contributed by atoms with Gasteiger partial charge < -0.3 is 10.1 Å². The fraction of sp³-hybridized carbons (Fsp3) is 0.471. The lowest BCUT2D eigenvalue weighted by Crippen LogP contribution is -2.48. The predicted octanol–water partition coefficient (Wildman–Crippen LogP) is 2.53. The normalized spacial score (nSPS) is 16.1. The Bertz CT molecular complexity index is 614. The van der Waals surface area contributed by atoms with Gasteiger partial charge in [-0.3, -0.25) is 10.1 Å². The number of hydrogen-bond donors (Lipinski definition) is 2. The van der Waals surface area contributed by atoms with Crippen molar-refractivity contribution in [2.45, 2.75) is 51.2 Å². The molecule has 1 atom stereocenters. The molecule has 24 heavy (non-hydrogen) atoms. The summed E-state index contributed by atoms with van der Waals surface area (Å²) in [5, 5.41) is 4.87. The van der Waals surface area contributed by atoms with Crippen molar-refractivity contribution in [1.82, 2.24) is 10.6 Å². The van der Waals surface area contributed by atoms with Crippen LogP contribution in [0.1, 0.15) is 49.4 Å². The lowest BCUT2D eigenvalue weighted by molar-refractivity contribution is -0.127. The standard InChI is InChI=1S/C17H21FN2O4/c1-11(24-16(22)13-9-5-6-10-14(13)18)15(21)20-17(23)19-12-7-3-2-4-8-12/h5-6,9-12H,2-4,7-8H2,1H3,(H2,19,20,21,23)/t11-/m1/s1. The maximum atomic E-state index is 13.5. The van der Waals surface area contributed by atoms with Crippen LogP contribution in [0, 0.1) is 5.82 Å². The van der Waals surface area contributed by atoms with E-state index in [2.05, 4.69) is 10.6 Å². The molecule has 0 aliphatic heterocycles. The van der Waals surface area contributed by atoms with Crippen molar-refractivity contribution in [3.63, 3.8) is 0 Å². The molecule has 6 nitrogen and oxygen atoms in total. The summed E-state index contributed by atoms with van der Waals surface area (Å²) >= 11 is 0. The van der Waals surface area contributed by atoms with Crippen molar-refractivity contribution in [2.75, 3.05) is 0 Å². The minimum atomic E-state index is -1.21. The van der Waals surface area contributed by atoms with Crippen LogP contribution in [-0.4, -0.2) is 30.1 Å². The topological polar surface area (TPSA) is 84.5 Å². The van der Waals surface area contributed by atoms with Crippen LogP contribution in [0.2, 0.25) is 0 Å². The van der Waals surface area contributed by atoms with Gasteiger partial charge in [-0.2, -0.15) is 0 Å². The molecule has 2 rings (SSSR count). The number of rotatable bonds is 4. The molecule has 0 radical (unpaired) electrons. The molecule has 0 spiro atoms. The summed E-state index contributed by atoms with van der Waals surface area (Å²) in [7, 11) is 0. The van der Waals surface area contributed by atoms with Crippen molar-refractivity contribution in [1.29, 1.82) is 0 Å². The van der Waals surface area contributed by atoms with Crippen LogP contribution in [0.25, 0.3) is 0 Å². The van der Waals surface area contributed by atoms with Gasteiger partial charge in [-0.25, -0.2) is 14.0 Å². The number of urea groups is 1. The third-order valence-corrected chi connectivity index (χ3v) is 3.92. The van der Waals surface area contributed by atoms with E-state index in [1.165, 1.54) is 25.1 Å². The molecule has 7 heteroatoms. The lowest BCUT2D eigenvalue weighted by atomic mass is 9.96. The monoisotopic (exact) mass is 336 g/mol. The van der Waals surface area contributed by atoms with Gasteiger partial charge in [0.15, 0.2) is 6.10 Å². The lowest BCUT2D eigenvalue weighted by Gasteiger charge is -2.23. The SMILES string of the molecule is C[C@@H](OC(=O)c1ccccc1F)C(=O)NC(=O)NC1CCCCC1. The second-order valence-electron chi connectivity index (χ2n) is 5.83. The molecular weight excluding hydrogens is 315 g/mol. The third-order valence-electron chi connectivity index (χ3n) is 3.92. The molecule has 0 unspecified atom stereocenters. The summed E-state index contributed by atoms with van der Waals surface area (Å²) in [6.45, 7) is 1.32. The van der Waals surface area contributed by atoms with Crippen LogP contribution in [-0.2, 0) is 9.53 Å². The molecule has 0 bridgehead atoms. The van der Waals surface area contributed by atoms with Crippen LogP contribution in [0.5, 0.6) is 0 Å². The molecule has 0 heterocycles. The van der Waals surface area contributed by atoms with E-state index in [0.29, 0.717) is 0 Å². The van der Waals surface area contributed by atoms with Gasteiger partial charge in [0.05, 0.1) is 5.56 Å². The smallest absolute Gasteiger partial charge is 0.341 e. The highest BCUT2D eigenvalue weighted by molar-refractivity contribution is 5.98. The zero-order chi connectivity index (χ0) is 17.5. The Hall–Kier alpha value is -2.44. The summed E-state index contributed by atoms with van der Waals surface area (Å²) in [6.07, 6.45) is 3.82. The van der Waals surface area contributed by atoms with Gasteiger partial charge in [0.2, 0.25) is 0 Å². The Morgan fingerprint density at radius 1 is 1.17 bits per heavy atom. The zero-order valence-corrected chi connectivity index (χ0v) is 13.5. The first kappa shape index (κ1) is 17.9. The summed E-state index contributed by atoms with van der Waals surface area (Å²) < 4.78 is 18.4. The number of halogens is 1. The summed E-state index contributed by atoms with van der Waals surface area (Å²) in [4.78, 5) is 35.5. The fourth-order valence-corrected chi connectivity index (χ4v) is 2.59. The van der Waals surface area contributed by atoms with Crippen LogP contribution < -0.4 is 10.6 Å². The number of nitrogens with one attached hydrogen (secondary N) is 2. The highest BCUT2D eigenvalue weighted by Gasteiger charge is 2.23. The van der Waals surface area contributed by atoms with Crippen molar-refractivity contribution < 1.29 is 23.5 Å². The van der Waals surface area contributed by atoms with Gasteiger partial charge in [0.1, 0.15) is 5.82 Å². The van der Waals surface area contributed by atoms with Crippen molar-refractivity contribution in [3.05, 3.63) is 35.6 Å². The first-order chi connectivity index (χ1) is 11.5. The molecule has 1 aliphatic carbocycles. The van der Waals surface area contributed by atoms with Crippen LogP contribution in [0.15, 0.2) is 24.3 Å². The minimum absolute atomic E-state index is 0.0582. The van der Waals surface area contributed by atoms with Crippen molar-refractivity contribution >= 4 is 17.9 Å². The summed E-state index contributed by atoms with van der Waals surface area (Å²) in [5.41, 5.74) is -0.260. The van der Waals surface area contributed by atoms with E-state index in [9.17, 15) is 18.8 Å². The highest BCUT2D eigenvalue weighted by atomic mass is 19.1. The van der Waals surface area contributed by atoms with Gasteiger partial charge in [-0.15, -0.1) is 0 Å². The molecule has 130 valence electrons. The summed E-state index contributed by atoms with van der Waals surface area (Å²) in [6, 6.07) is 4.76. The van der Waals surface area contributed by atoms with E-state index in [0.717, 1.165) is 38.2 Å². The van der Waals surface area contributed by atoms with Crippen molar-refractivity contribution in [3.8, 4) is 0 Å². The van der Waals surface area contributed by atoms with E-state index in [1.807, 2.05) is 0 Å². The highest BCUT2D eigenvalue weighted by Crippen LogP contribution is 2.17. The number of esters is 1.